The van der Waals surface area contributed by atoms with Crippen LogP contribution in [0.5, 0.6) is 0 Å². The number of likely N-dealkylation sites (N-methyl/N-ethyl adjacent to an activating group) is 1. The van der Waals surface area contributed by atoms with Gasteiger partial charge in [0, 0.05) is 12.8 Å². The van der Waals surface area contributed by atoms with Gasteiger partial charge in [-0.3, -0.25) is 18.6 Å². The Hall–Kier alpha value is -3.85. The smallest absolute Gasteiger partial charge is 0.462 e. The second-order valence-electron chi connectivity index (χ2n) is 17.8. The molecule has 0 radical (unpaired) electrons. The van der Waals surface area contributed by atoms with Gasteiger partial charge >= 0.3 is 19.8 Å². The van der Waals surface area contributed by atoms with Gasteiger partial charge in [-0.2, -0.15) is 0 Å². The first-order chi connectivity index (χ1) is 33.0. The molecular weight excluding hydrogens is 870 g/mol. The largest absolute Gasteiger partial charge is 0.472 e. The first-order valence-corrected chi connectivity index (χ1v) is 27.4. The maximum absolute atomic E-state index is 12.8. The van der Waals surface area contributed by atoms with Gasteiger partial charge in [-0.05, 0) is 109 Å². The van der Waals surface area contributed by atoms with Gasteiger partial charge in [0.05, 0.1) is 27.7 Å². The lowest BCUT2D eigenvalue weighted by molar-refractivity contribution is -0.870. The summed E-state index contributed by atoms with van der Waals surface area (Å²) in [6, 6.07) is 0. The van der Waals surface area contributed by atoms with Crippen LogP contribution in [-0.2, 0) is 32.7 Å². The topological polar surface area (TPSA) is 108 Å². The first kappa shape index (κ1) is 64.2. The van der Waals surface area contributed by atoms with Crippen LogP contribution in [0.3, 0.4) is 0 Å². The van der Waals surface area contributed by atoms with Gasteiger partial charge in [-0.25, -0.2) is 4.57 Å². The standard InChI is InChI=1S/C58H94NO8P/c1-6-8-10-12-14-16-18-20-22-24-26-28-29-31-32-34-36-38-40-42-44-46-48-50-57(60)64-54-56(55-66-68(62,63)65-53-52-59(3,4)5)67-58(61)51-49-47-45-43-41-39-37-35-33-30-27-25-23-21-19-17-15-13-11-9-7-2/h8-11,14-17,20-23,26-28,30-32,35,37,41,43,56H,6-7,12-13,18-19,24-25,29,33-34,36,38-40,42,44-55H2,1-5H3/p+1/b10-8-,11-9-,16-14-,17-15-,22-20-,23-21-,28-26-,30-27-,32-31-,37-35-,43-41-. The SMILES string of the molecule is CC/C=C\C/C=C\C/C=C\C/C=C\C/C=C\C/C=C\CCCCC(=O)OC(COC(=O)CCCCCCCCC/C=C\C/C=C\C/C=C\C/C=C\C/C=C\CC)COP(=O)(O)OCC[N+](C)(C)C. The van der Waals surface area contributed by atoms with Crippen LogP contribution in [0.2, 0.25) is 0 Å². The lowest BCUT2D eigenvalue weighted by Crippen LogP contribution is -2.37. The third kappa shape index (κ3) is 51.5. The Morgan fingerprint density at radius 3 is 1.21 bits per heavy atom. The molecule has 2 unspecified atom stereocenters. The average molecular weight is 965 g/mol. The third-order valence-electron chi connectivity index (χ3n) is 10.2. The predicted molar refractivity (Wildman–Crippen MR) is 288 cm³/mol. The van der Waals surface area contributed by atoms with E-state index >= 15 is 0 Å². The maximum Gasteiger partial charge on any atom is 0.472 e. The molecule has 0 amide bonds. The van der Waals surface area contributed by atoms with E-state index in [-0.39, 0.29) is 26.1 Å². The van der Waals surface area contributed by atoms with Crippen molar-refractivity contribution < 1.29 is 42.1 Å². The highest BCUT2D eigenvalue weighted by Gasteiger charge is 2.27. The molecule has 0 aromatic carbocycles. The number of allylic oxidation sites excluding steroid dienone is 22. The molecule has 0 aromatic heterocycles. The molecule has 0 aromatic rings. The zero-order valence-corrected chi connectivity index (χ0v) is 44.2. The zero-order chi connectivity index (χ0) is 49.9. The third-order valence-corrected chi connectivity index (χ3v) is 11.2. The summed E-state index contributed by atoms with van der Waals surface area (Å²) in [5.41, 5.74) is 0. The van der Waals surface area contributed by atoms with E-state index in [1.165, 1.54) is 19.3 Å². The highest BCUT2D eigenvalue weighted by atomic mass is 31.2. The van der Waals surface area contributed by atoms with E-state index < -0.39 is 32.5 Å². The Labute approximate surface area is 415 Å². The molecule has 0 bridgehead atoms. The minimum Gasteiger partial charge on any atom is -0.462 e. The molecule has 0 aliphatic rings. The summed E-state index contributed by atoms with van der Waals surface area (Å²) in [5, 5.41) is 0. The van der Waals surface area contributed by atoms with Gasteiger partial charge < -0.3 is 18.9 Å². The number of rotatable bonds is 45. The van der Waals surface area contributed by atoms with Crippen LogP contribution < -0.4 is 0 Å². The Morgan fingerprint density at radius 2 is 0.794 bits per heavy atom. The Bertz CT molecular complexity index is 1610. The van der Waals surface area contributed by atoms with Crippen molar-refractivity contribution in [1.82, 2.24) is 0 Å². The number of ether oxygens (including phenoxy) is 2. The number of esters is 2. The molecule has 0 saturated carbocycles. The van der Waals surface area contributed by atoms with Gasteiger partial charge in [0.1, 0.15) is 19.8 Å². The van der Waals surface area contributed by atoms with Crippen molar-refractivity contribution >= 4 is 19.8 Å². The molecule has 0 aliphatic carbocycles. The Morgan fingerprint density at radius 1 is 0.456 bits per heavy atom. The second kappa shape index (κ2) is 48.2. The van der Waals surface area contributed by atoms with Crippen molar-refractivity contribution in [3.8, 4) is 0 Å². The van der Waals surface area contributed by atoms with Gasteiger partial charge in [0.25, 0.3) is 0 Å². The maximum atomic E-state index is 12.8. The van der Waals surface area contributed by atoms with Crippen molar-refractivity contribution in [2.75, 3.05) is 47.5 Å². The minimum absolute atomic E-state index is 0.0125. The van der Waals surface area contributed by atoms with E-state index in [0.717, 1.165) is 109 Å². The van der Waals surface area contributed by atoms with E-state index in [9.17, 15) is 19.0 Å². The molecule has 2 atom stereocenters. The van der Waals surface area contributed by atoms with Crippen molar-refractivity contribution in [1.29, 1.82) is 0 Å². The number of quaternary nitrogens is 1. The predicted octanol–water partition coefficient (Wildman–Crippen LogP) is 15.8. The van der Waals surface area contributed by atoms with Crippen LogP contribution in [0.4, 0.5) is 0 Å². The molecule has 68 heavy (non-hydrogen) atoms. The van der Waals surface area contributed by atoms with Crippen LogP contribution in [0.1, 0.15) is 168 Å². The molecular formula is C58H95NO8P+. The van der Waals surface area contributed by atoms with Crippen molar-refractivity contribution in [3.05, 3.63) is 134 Å². The number of phosphoric acid groups is 1. The van der Waals surface area contributed by atoms with E-state index in [2.05, 4.69) is 148 Å². The fraction of sp³-hybridized carbons (Fsp3) is 0.586. The number of hydrogen-bond donors (Lipinski definition) is 1. The summed E-state index contributed by atoms with van der Waals surface area (Å²) in [7, 11) is 1.42. The van der Waals surface area contributed by atoms with Crippen LogP contribution in [0.25, 0.3) is 0 Å². The van der Waals surface area contributed by atoms with E-state index in [1.807, 2.05) is 21.1 Å². The number of hydrogen-bond acceptors (Lipinski definition) is 7. The van der Waals surface area contributed by atoms with Crippen LogP contribution in [-0.4, -0.2) is 74.9 Å². The molecule has 0 fully saturated rings. The number of carbonyl (C=O) groups excluding carboxylic acids is 2. The summed E-state index contributed by atoms with van der Waals surface area (Å²) < 4.78 is 34.4. The molecule has 0 spiro atoms. The Balaban J connectivity index is 4.39. The lowest BCUT2D eigenvalue weighted by atomic mass is 10.1. The fourth-order valence-electron chi connectivity index (χ4n) is 6.22. The van der Waals surface area contributed by atoms with E-state index in [1.54, 1.807) is 0 Å². The van der Waals surface area contributed by atoms with Crippen molar-refractivity contribution in [2.45, 2.75) is 174 Å². The monoisotopic (exact) mass is 965 g/mol. The normalized spacial score (nSPS) is 14.5. The van der Waals surface area contributed by atoms with Crippen molar-refractivity contribution in [2.24, 2.45) is 0 Å². The van der Waals surface area contributed by atoms with Gasteiger partial charge in [-0.15, -0.1) is 0 Å². The van der Waals surface area contributed by atoms with Gasteiger partial charge in [-0.1, -0.05) is 180 Å². The van der Waals surface area contributed by atoms with Crippen LogP contribution in [0, 0.1) is 0 Å². The number of nitrogens with zero attached hydrogens (tertiary/aromatic N) is 1. The van der Waals surface area contributed by atoms with Crippen molar-refractivity contribution in [3.63, 3.8) is 0 Å². The summed E-state index contributed by atoms with van der Waals surface area (Å²) in [5.74, 6) is -0.875. The second-order valence-corrected chi connectivity index (χ2v) is 19.2. The number of unbranched alkanes of at least 4 members (excludes halogenated alkanes) is 9. The Kier molecular flexibility index (Phi) is 45.5. The lowest BCUT2D eigenvalue weighted by Gasteiger charge is -2.24. The van der Waals surface area contributed by atoms with Gasteiger partial charge in [0.15, 0.2) is 6.10 Å². The van der Waals surface area contributed by atoms with Crippen LogP contribution in [0.15, 0.2) is 134 Å². The summed E-state index contributed by atoms with van der Waals surface area (Å²) >= 11 is 0. The summed E-state index contributed by atoms with van der Waals surface area (Å²) in [4.78, 5) is 35.6. The number of carbonyl (C=O) groups is 2. The van der Waals surface area contributed by atoms with E-state index in [0.29, 0.717) is 23.9 Å². The molecule has 1 N–H and O–H groups in total. The van der Waals surface area contributed by atoms with Crippen LogP contribution >= 0.6 is 7.82 Å². The fourth-order valence-corrected chi connectivity index (χ4v) is 6.96. The molecule has 9 nitrogen and oxygen atoms in total. The van der Waals surface area contributed by atoms with Gasteiger partial charge in [0.2, 0.25) is 0 Å². The zero-order valence-electron chi connectivity index (χ0n) is 43.3. The summed E-state index contributed by atoms with van der Waals surface area (Å²) in [6.07, 6.45) is 69.3. The molecule has 0 aliphatic heterocycles. The molecule has 0 rings (SSSR count). The first-order valence-electron chi connectivity index (χ1n) is 25.9. The summed E-state index contributed by atoms with van der Waals surface area (Å²) in [6.45, 7) is 4.11. The number of phosphoric ester groups is 1. The molecule has 384 valence electrons. The highest BCUT2D eigenvalue weighted by Crippen LogP contribution is 2.43. The molecule has 0 heterocycles. The highest BCUT2D eigenvalue weighted by molar-refractivity contribution is 7.47. The quantitative estimate of drug-likeness (QED) is 0.0211. The average Bonchev–Trinajstić information content (AvgIpc) is 3.30. The molecule has 10 heteroatoms. The molecule has 0 saturated heterocycles. The van der Waals surface area contributed by atoms with E-state index in [4.69, 9.17) is 18.5 Å². The minimum atomic E-state index is -4.41.